The maximum absolute atomic E-state index is 12.3. The molecule has 2 aliphatic heterocycles. The number of esters is 2. The molecule has 0 aromatic heterocycles. The van der Waals surface area contributed by atoms with Crippen molar-refractivity contribution >= 4 is 34.9 Å². The minimum absolute atomic E-state index is 0.0649. The number of ketones is 2. The number of carbonyl (C=O) groups is 4. The molecular formula is C22H26N2O6. The summed E-state index contributed by atoms with van der Waals surface area (Å²) in [6.07, 6.45) is 6.80. The molecule has 0 unspecified atom stereocenters. The van der Waals surface area contributed by atoms with Gasteiger partial charge in [-0.25, -0.2) is 0 Å². The first-order chi connectivity index (χ1) is 14.3. The van der Waals surface area contributed by atoms with Crippen LogP contribution in [0.5, 0.6) is 0 Å². The molecular weight excluding hydrogens is 388 g/mol. The number of ether oxygens (including phenoxy) is 2. The maximum Gasteiger partial charge on any atom is 0.309 e. The molecule has 1 fully saturated rings. The van der Waals surface area contributed by atoms with Crippen molar-refractivity contribution in [2.24, 2.45) is 21.8 Å². The molecule has 0 bridgehead atoms. The Hall–Kier alpha value is -2.90. The Morgan fingerprint density at radius 2 is 1.13 bits per heavy atom. The molecule has 8 heteroatoms. The molecule has 0 aromatic rings. The minimum atomic E-state index is -0.295. The van der Waals surface area contributed by atoms with E-state index in [1.165, 1.54) is 13.8 Å². The molecule has 3 rings (SSSR count). The van der Waals surface area contributed by atoms with E-state index in [2.05, 4.69) is 9.98 Å². The van der Waals surface area contributed by atoms with Crippen LogP contribution in [-0.2, 0) is 28.7 Å². The highest BCUT2D eigenvalue weighted by atomic mass is 16.5. The third-order valence-corrected chi connectivity index (χ3v) is 5.55. The second-order valence-electron chi connectivity index (χ2n) is 7.79. The van der Waals surface area contributed by atoms with Gasteiger partial charge in [-0.05, 0) is 25.7 Å². The van der Waals surface area contributed by atoms with Crippen LogP contribution in [0.2, 0.25) is 0 Å². The molecule has 0 amide bonds. The largest absolute Gasteiger partial charge is 0.459 e. The van der Waals surface area contributed by atoms with Gasteiger partial charge in [0.15, 0.2) is 11.6 Å². The predicted molar refractivity (Wildman–Crippen MR) is 109 cm³/mol. The van der Waals surface area contributed by atoms with Crippen molar-refractivity contribution in [3.05, 3.63) is 23.5 Å². The van der Waals surface area contributed by atoms with E-state index in [-0.39, 0.29) is 48.6 Å². The monoisotopic (exact) mass is 414 g/mol. The average Bonchev–Trinajstić information content (AvgIpc) is 3.40. The Morgan fingerprint density at radius 3 is 1.43 bits per heavy atom. The summed E-state index contributed by atoms with van der Waals surface area (Å²) < 4.78 is 10.7. The number of carbonyl (C=O) groups excluding carboxylic acids is 4. The van der Waals surface area contributed by atoms with E-state index < -0.39 is 0 Å². The number of allylic oxidation sites excluding steroid dienone is 2. The van der Waals surface area contributed by atoms with Crippen LogP contribution in [0, 0.1) is 11.8 Å². The van der Waals surface area contributed by atoms with Crippen LogP contribution in [0.3, 0.4) is 0 Å². The number of aliphatic imine (C=N–C) groups is 2. The van der Waals surface area contributed by atoms with Crippen LogP contribution < -0.4 is 0 Å². The molecule has 0 aromatic carbocycles. The summed E-state index contributed by atoms with van der Waals surface area (Å²) in [6.45, 7) is 3.06. The van der Waals surface area contributed by atoms with Crippen molar-refractivity contribution < 1.29 is 28.7 Å². The van der Waals surface area contributed by atoms with Gasteiger partial charge in [0, 0.05) is 26.7 Å². The van der Waals surface area contributed by atoms with E-state index in [0.29, 0.717) is 61.3 Å². The zero-order valence-electron chi connectivity index (χ0n) is 17.3. The summed E-state index contributed by atoms with van der Waals surface area (Å²) in [6, 6.07) is 0. The smallest absolute Gasteiger partial charge is 0.309 e. The molecule has 0 saturated heterocycles. The van der Waals surface area contributed by atoms with Crippen LogP contribution in [0.25, 0.3) is 0 Å². The van der Waals surface area contributed by atoms with E-state index in [9.17, 15) is 19.2 Å². The number of hydrogen-bond donors (Lipinski definition) is 0. The van der Waals surface area contributed by atoms with Crippen LogP contribution in [0.15, 0.2) is 33.5 Å². The summed E-state index contributed by atoms with van der Waals surface area (Å²) >= 11 is 0. The topological polar surface area (TPSA) is 111 Å². The van der Waals surface area contributed by atoms with Gasteiger partial charge in [-0.2, -0.15) is 0 Å². The van der Waals surface area contributed by atoms with Gasteiger partial charge in [0.1, 0.15) is 13.2 Å². The molecule has 1 saturated carbocycles. The quantitative estimate of drug-likeness (QED) is 0.564. The minimum Gasteiger partial charge on any atom is -0.459 e. The lowest BCUT2D eigenvalue weighted by Crippen LogP contribution is -2.28. The second-order valence-corrected chi connectivity index (χ2v) is 7.79. The highest BCUT2D eigenvalue weighted by Crippen LogP contribution is 2.31. The van der Waals surface area contributed by atoms with Crippen LogP contribution in [0.4, 0.5) is 0 Å². The van der Waals surface area contributed by atoms with Crippen molar-refractivity contribution in [2.45, 2.75) is 52.4 Å². The molecule has 2 heterocycles. The molecule has 0 radical (unpaired) electrons. The van der Waals surface area contributed by atoms with Gasteiger partial charge >= 0.3 is 11.9 Å². The second kappa shape index (κ2) is 9.73. The zero-order chi connectivity index (χ0) is 21.7. The highest BCUT2D eigenvalue weighted by Gasteiger charge is 2.32. The molecule has 0 spiro atoms. The van der Waals surface area contributed by atoms with E-state index in [1.807, 2.05) is 0 Å². The Bertz CT molecular complexity index is 800. The lowest BCUT2D eigenvalue weighted by molar-refractivity contribution is -0.154. The Kier molecular flexibility index (Phi) is 7.07. The fraction of sp³-hybridized carbons (Fsp3) is 0.545. The van der Waals surface area contributed by atoms with Gasteiger partial charge in [-0.3, -0.25) is 29.2 Å². The van der Waals surface area contributed by atoms with E-state index in [0.717, 1.165) is 0 Å². The Balaban J connectivity index is 1.37. The van der Waals surface area contributed by atoms with Gasteiger partial charge in [0.25, 0.3) is 0 Å². The first kappa shape index (κ1) is 21.8. The predicted octanol–water partition coefficient (Wildman–Crippen LogP) is 2.51. The summed E-state index contributed by atoms with van der Waals surface area (Å²) in [4.78, 5) is 55.5. The van der Waals surface area contributed by atoms with Crippen molar-refractivity contribution in [2.75, 3.05) is 13.2 Å². The van der Waals surface area contributed by atoms with Crippen LogP contribution >= 0.6 is 0 Å². The molecule has 8 nitrogen and oxygen atoms in total. The molecule has 30 heavy (non-hydrogen) atoms. The molecule has 0 atom stereocenters. The molecule has 160 valence electrons. The SMILES string of the molecule is CC(=O)C1=NC(COC(=O)C2CCC(C(=O)OCC3=CCC(C(C)=O)=N3)CC2)=CC1. The first-order valence-electron chi connectivity index (χ1n) is 10.2. The molecule has 3 aliphatic rings. The Morgan fingerprint density at radius 1 is 0.767 bits per heavy atom. The summed E-state index contributed by atoms with van der Waals surface area (Å²) in [5.41, 5.74) is 2.17. The standard InChI is InChI=1S/C22H26N2O6/c1-13(25)19-9-7-17(23-19)11-29-21(27)15-3-5-16(6-4-15)22(28)30-12-18-8-10-20(24-18)14(2)26/h7-8,15-16H,3-6,9-12H2,1-2H3. The van der Waals surface area contributed by atoms with Gasteiger partial charge in [-0.1, -0.05) is 12.2 Å². The fourth-order valence-electron chi connectivity index (χ4n) is 3.68. The third kappa shape index (κ3) is 5.58. The number of rotatable bonds is 8. The normalized spacial score (nSPS) is 23.1. The number of nitrogens with zero attached hydrogens (tertiary/aromatic N) is 2. The van der Waals surface area contributed by atoms with E-state index in [4.69, 9.17) is 9.47 Å². The van der Waals surface area contributed by atoms with E-state index >= 15 is 0 Å². The molecule has 1 aliphatic carbocycles. The third-order valence-electron chi connectivity index (χ3n) is 5.55. The highest BCUT2D eigenvalue weighted by molar-refractivity contribution is 6.40. The first-order valence-corrected chi connectivity index (χ1v) is 10.2. The number of Topliss-reactive ketones (excluding diaryl/α,β-unsaturated/α-hetero) is 2. The van der Waals surface area contributed by atoms with Crippen molar-refractivity contribution in [3.63, 3.8) is 0 Å². The van der Waals surface area contributed by atoms with Crippen molar-refractivity contribution in [3.8, 4) is 0 Å². The van der Waals surface area contributed by atoms with Crippen LogP contribution in [-0.4, -0.2) is 48.1 Å². The van der Waals surface area contributed by atoms with Crippen molar-refractivity contribution in [1.29, 1.82) is 0 Å². The lowest BCUT2D eigenvalue weighted by Gasteiger charge is -2.25. The van der Waals surface area contributed by atoms with E-state index in [1.54, 1.807) is 12.2 Å². The summed E-state index contributed by atoms with van der Waals surface area (Å²) in [7, 11) is 0. The number of hydrogen-bond acceptors (Lipinski definition) is 8. The maximum atomic E-state index is 12.3. The van der Waals surface area contributed by atoms with Crippen LogP contribution in [0.1, 0.15) is 52.4 Å². The van der Waals surface area contributed by atoms with Gasteiger partial charge < -0.3 is 9.47 Å². The fourth-order valence-corrected chi connectivity index (χ4v) is 3.68. The van der Waals surface area contributed by atoms with Gasteiger partial charge in [0.05, 0.1) is 34.7 Å². The molecule has 0 N–H and O–H groups in total. The Labute approximate surface area is 175 Å². The summed E-state index contributed by atoms with van der Waals surface area (Å²) in [5.74, 6) is -1.23. The van der Waals surface area contributed by atoms with Gasteiger partial charge in [-0.15, -0.1) is 0 Å². The van der Waals surface area contributed by atoms with Gasteiger partial charge in [0.2, 0.25) is 0 Å². The van der Waals surface area contributed by atoms with Crippen molar-refractivity contribution in [1.82, 2.24) is 0 Å². The average molecular weight is 414 g/mol. The summed E-state index contributed by atoms with van der Waals surface area (Å²) in [5, 5.41) is 0. The zero-order valence-corrected chi connectivity index (χ0v) is 17.3. The lowest BCUT2D eigenvalue weighted by atomic mass is 9.82.